The van der Waals surface area contributed by atoms with Gasteiger partial charge in [-0.3, -0.25) is 0 Å². The second-order valence-electron chi connectivity index (χ2n) is 5.07. The Labute approximate surface area is 120 Å². The summed E-state index contributed by atoms with van der Waals surface area (Å²) >= 11 is 0. The zero-order chi connectivity index (χ0) is 14.5. The molecule has 0 spiro atoms. The van der Waals surface area contributed by atoms with Crippen molar-refractivity contribution in [2.45, 2.75) is 39.3 Å². The van der Waals surface area contributed by atoms with Crippen molar-refractivity contribution in [2.75, 3.05) is 7.11 Å². The summed E-state index contributed by atoms with van der Waals surface area (Å²) in [7, 11) is 1.67. The Hall–Kier alpha value is -1.58. The molecule has 3 nitrogen and oxygen atoms in total. The smallest absolute Gasteiger partial charge is 0.178 e. The van der Waals surface area contributed by atoms with Gasteiger partial charge in [0.1, 0.15) is 5.75 Å². The van der Waals surface area contributed by atoms with E-state index in [1.165, 1.54) is 0 Å². The molecule has 0 saturated carbocycles. The minimum atomic E-state index is -0.236. The molecule has 0 radical (unpaired) electrons. The highest BCUT2D eigenvalue weighted by Crippen LogP contribution is 2.20. The van der Waals surface area contributed by atoms with Crippen molar-refractivity contribution in [3.05, 3.63) is 47.6 Å². The topological polar surface area (TPSA) is 27.7 Å². The second-order valence-corrected chi connectivity index (χ2v) is 5.07. The van der Waals surface area contributed by atoms with Gasteiger partial charge in [-0.25, -0.2) is 0 Å². The first-order chi connectivity index (χ1) is 9.58. The minimum Gasteiger partial charge on any atom is -0.497 e. The molecular weight excluding hydrogens is 252 g/mol. The fourth-order valence-corrected chi connectivity index (χ4v) is 1.97. The van der Waals surface area contributed by atoms with Gasteiger partial charge in [-0.15, -0.1) is 0 Å². The maximum absolute atomic E-state index is 5.68. The van der Waals surface area contributed by atoms with Crippen molar-refractivity contribution in [1.82, 2.24) is 0 Å². The van der Waals surface area contributed by atoms with Crippen LogP contribution in [0.15, 0.2) is 42.0 Å². The van der Waals surface area contributed by atoms with E-state index < -0.39 is 0 Å². The first-order valence-corrected chi connectivity index (χ1v) is 6.90. The molecule has 1 fully saturated rings. The SMILES string of the molecule is COc1ccc(/C=C/C(C)=C/C2O[C@@H](C)[C@H](C)O2)cc1. The average molecular weight is 274 g/mol. The largest absolute Gasteiger partial charge is 0.497 e. The van der Waals surface area contributed by atoms with Gasteiger partial charge < -0.3 is 14.2 Å². The normalized spacial score (nSPS) is 24.5. The van der Waals surface area contributed by atoms with Crippen molar-refractivity contribution in [3.63, 3.8) is 0 Å². The Morgan fingerprint density at radius 3 is 2.25 bits per heavy atom. The zero-order valence-corrected chi connectivity index (χ0v) is 12.5. The fourth-order valence-electron chi connectivity index (χ4n) is 1.97. The third-order valence-electron chi connectivity index (χ3n) is 3.41. The number of benzene rings is 1. The van der Waals surface area contributed by atoms with Crippen LogP contribution in [-0.2, 0) is 9.47 Å². The van der Waals surface area contributed by atoms with E-state index in [-0.39, 0.29) is 18.5 Å². The van der Waals surface area contributed by atoms with Crippen molar-refractivity contribution >= 4 is 6.08 Å². The molecule has 1 heterocycles. The molecule has 20 heavy (non-hydrogen) atoms. The van der Waals surface area contributed by atoms with E-state index in [0.29, 0.717) is 0 Å². The van der Waals surface area contributed by atoms with Crippen molar-refractivity contribution in [3.8, 4) is 5.75 Å². The lowest BCUT2D eigenvalue weighted by Crippen LogP contribution is -2.13. The summed E-state index contributed by atoms with van der Waals surface area (Å²) in [5.41, 5.74) is 2.25. The van der Waals surface area contributed by atoms with Crippen molar-refractivity contribution < 1.29 is 14.2 Å². The van der Waals surface area contributed by atoms with Crippen LogP contribution in [0.2, 0.25) is 0 Å². The van der Waals surface area contributed by atoms with Gasteiger partial charge in [-0.05, 0) is 44.5 Å². The number of hydrogen-bond donors (Lipinski definition) is 0. The molecule has 108 valence electrons. The van der Waals surface area contributed by atoms with Gasteiger partial charge >= 0.3 is 0 Å². The maximum atomic E-state index is 5.68. The van der Waals surface area contributed by atoms with Gasteiger partial charge in [-0.1, -0.05) is 29.9 Å². The van der Waals surface area contributed by atoms with Crippen molar-refractivity contribution in [1.29, 1.82) is 0 Å². The Morgan fingerprint density at radius 1 is 1.10 bits per heavy atom. The Morgan fingerprint density at radius 2 is 1.70 bits per heavy atom. The molecule has 1 aliphatic heterocycles. The highest BCUT2D eigenvalue weighted by molar-refractivity contribution is 5.53. The molecule has 0 bridgehead atoms. The number of allylic oxidation sites excluding steroid dienone is 2. The number of hydrogen-bond acceptors (Lipinski definition) is 3. The van der Waals surface area contributed by atoms with Gasteiger partial charge in [-0.2, -0.15) is 0 Å². The van der Waals surface area contributed by atoms with Crippen LogP contribution >= 0.6 is 0 Å². The van der Waals surface area contributed by atoms with E-state index in [0.717, 1.165) is 16.9 Å². The second kappa shape index (κ2) is 6.73. The van der Waals surface area contributed by atoms with Crippen LogP contribution < -0.4 is 4.74 Å². The number of ether oxygens (including phenoxy) is 3. The van der Waals surface area contributed by atoms with Crippen LogP contribution in [0.3, 0.4) is 0 Å². The predicted octanol–water partition coefficient (Wildman–Crippen LogP) is 3.80. The van der Waals surface area contributed by atoms with Crippen LogP contribution in [0.5, 0.6) is 5.75 Å². The maximum Gasteiger partial charge on any atom is 0.178 e. The molecule has 0 N–H and O–H groups in total. The number of rotatable bonds is 4. The standard InChI is InChI=1S/C17H22O3/c1-12(11-17-19-13(2)14(3)20-17)5-6-15-7-9-16(18-4)10-8-15/h5-11,13-14,17H,1-4H3/b6-5+,12-11+/t13-,14-/m0/s1. The van der Waals surface area contributed by atoms with Crippen LogP contribution in [0.4, 0.5) is 0 Å². The van der Waals surface area contributed by atoms with Crippen LogP contribution in [0.1, 0.15) is 26.3 Å². The van der Waals surface area contributed by atoms with E-state index in [1.54, 1.807) is 7.11 Å². The Bertz CT molecular complexity index is 477. The molecule has 1 aromatic carbocycles. The molecule has 1 aliphatic rings. The first-order valence-electron chi connectivity index (χ1n) is 6.90. The Kier molecular flexibility index (Phi) is 4.99. The molecule has 3 heteroatoms. The van der Waals surface area contributed by atoms with Crippen molar-refractivity contribution in [2.24, 2.45) is 0 Å². The van der Waals surface area contributed by atoms with E-state index in [2.05, 4.69) is 12.2 Å². The Balaban J connectivity index is 1.96. The quantitative estimate of drug-likeness (QED) is 0.781. The molecule has 1 saturated heterocycles. The summed E-state index contributed by atoms with van der Waals surface area (Å²) in [6.07, 6.45) is 6.18. The third-order valence-corrected chi connectivity index (χ3v) is 3.41. The average Bonchev–Trinajstić information content (AvgIpc) is 2.75. The van der Waals surface area contributed by atoms with Crippen LogP contribution in [-0.4, -0.2) is 25.6 Å². The molecule has 0 aliphatic carbocycles. The van der Waals surface area contributed by atoms with Gasteiger partial charge in [0, 0.05) is 0 Å². The van der Waals surface area contributed by atoms with E-state index >= 15 is 0 Å². The lowest BCUT2D eigenvalue weighted by molar-refractivity contribution is -0.0247. The summed E-state index contributed by atoms with van der Waals surface area (Å²) in [4.78, 5) is 0. The lowest BCUT2D eigenvalue weighted by atomic mass is 10.1. The first kappa shape index (κ1) is 14.8. The van der Waals surface area contributed by atoms with Gasteiger partial charge in [0.15, 0.2) is 6.29 Å². The summed E-state index contributed by atoms with van der Waals surface area (Å²) in [5.74, 6) is 0.866. The number of methoxy groups -OCH3 is 1. The molecule has 0 amide bonds. The highest BCUT2D eigenvalue weighted by atomic mass is 16.7. The van der Waals surface area contributed by atoms with Crippen LogP contribution in [0.25, 0.3) is 6.08 Å². The highest BCUT2D eigenvalue weighted by Gasteiger charge is 2.27. The fraction of sp³-hybridized carbons (Fsp3) is 0.412. The predicted molar refractivity (Wildman–Crippen MR) is 80.7 cm³/mol. The summed E-state index contributed by atoms with van der Waals surface area (Å²) < 4.78 is 16.5. The summed E-state index contributed by atoms with van der Waals surface area (Å²) in [5, 5.41) is 0. The van der Waals surface area contributed by atoms with Crippen LogP contribution in [0, 0.1) is 0 Å². The van der Waals surface area contributed by atoms with E-state index in [9.17, 15) is 0 Å². The van der Waals surface area contributed by atoms with Gasteiger partial charge in [0.2, 0.25) is 0 Å². The molecule has 2 atom stereocenters. The lowest BCUT2D eigenvalue weighted by Gasteiger charge is -2.04. The summed E-state index contributed by atoms with van der Waals surface area (Å²) in [6.45, 7) is 6.10. The molecule has 0 unspecified atom stereocenters. The molecule has 2 rings (SSSR count). The zero-order valence-electron chi connectivity index (χ0n) is 12.5. The monoisotopic (exact) mass is 274 g/mol. The molecule has 1 aromatic rings. The summed E-state index contributed by atoms with van der Waals surface area (Å²) in [6, 6.07) is 7.95. The molecule has 0 aromatic heterocycles. The third kappa shape index (κ3) is 3.95. The minimum absolute atomic E-state index is 0.148. The van der Waals surface area contributed by atoms with Gasteiger partial charge in [0.25, 0.3) is 0 Å². The van der Waals surface area contributed by atoms with E-state index in [1.807, 2.05) is 51.1 Å². The van der Waals surface area contributed by atoms with Gasteiger partial charge in [0.05, 0.1) is 19.3 Å². The van der Waals surface area contributed by atoms with E-state index in [4.69, 9.17) is 14.2 Å². The molecular formula is C17H22O3.